The Labute approximate surface area is 101 Å². The Morgan fingerprint density at radius 2 is 1.62 bits per heavy atom. The molecule has 0 bridgehead atoms. The van der Waals surface area contributed by atoms with E-state index in [4.69, 9.17) is 10.5 Å². The number of rotatable bonds is 9. The van der Waals surface area contributed by atoms with Gasteiger partial charge in [-0.05, 0) is 30.7 Å². The third-order valence-corrected chi connectivity index (χ3v) is 3.19. The molecule has 0 fully saturated rings. The average Bonchev–Trinajstić information content (AvgIpc) is 2.20. The van der Waals surface area contributed by atoms with E-state index in [-0.39, 0.29) is 6.04 Å². The molecule has 0 aliphatic carbocycles. The van der Waals surface area contributed by atoms with Crippen LogP contribution in [0.2, 0.25) is 0 Å². The van der Waals surface area contributed by atoms with Crippen LogP contribution in [0.1, 0.15) is 34.1 Å². The summed E-state index contributed by atoms with van der Waals surface area (Å²) in [4.78, 5) is 0. The van der Waals surface area contributed by atoms with Gasteiger partial charge in [0.2, 0.25) is 0 Å². The minimum atomic E-state index is 0.208. The molecule has 0 amide bonds. The predicted octanol–water partition coefficient (Wildman–Crippen LogP) is 1.87. The molecule has 0 saturated carbocycles. The van der Waals surface area contributed by atoms with Crippen molar-refractivity contribution in [2.45, 2.75) is 40.2 Å². The van der Waals surface area contributed by atoms with Crippen molar-refractivity contribution in [2.75, 3.05) is 26.8 Å². The fourth-order valence-corrected chi connectivity index (χ4v) is 2.05. The van der Waals surface area contributed by atoms with Crippen LogP contribution in [0, 0.1) is 17.8 Å². The fraction of sp³-hybridized carbons (Fsp3) is 1.00. The van der Waals surface area contributed by atoms with Gasteiger partial charge in [-0.3, -0.25) is 0 Å². The smallest absolute Gasteiger partial charge is 0.0477 e. The summed E-state index contributed by atoms with van der Waals surface area (Å²) in [6.07, 6.45) is 0.928. The molecule has 0 aromatic rings. The van der Waals surface area contributed by atoms with Crippen LogP contribution in [-0.2, 0) is 4.74 Å². The minimum Gasteiger partial charge on any atom is -0.385 e. The third kappa shape index (κ3) is 7.20. The van der Waals surface area contributed by atoms with Crippen molar-refractivity contribution in [1.29, 1.82) is 0 Å². The second-order valence-electron chi connectivity index (χ2n) is 5.35. The quantitative estimate of drug-likeness (QED) is 0.636. The van der Waals surface area contributed by atoms with E-state index in [0.717, 1.165) is 43.9 Å². The molecule has 0 spiro atoms. The number of hydrogen-bond donors (Lipinski definition) is 2. The summed E-state index contributed by atoms with van der Waals surface area (Å²) in [7, 11) is 1.72. The number of ether oxygens (including phenoxy) is 1. The third-order valence-electron chi connectivity index (χ3n) is 3.19. The van der Waals surface area contributed by atoms with Crippen LogP contribution in [-0.4, -0.2) is 32.8 Å². The van der Waals surface area contributed by atoms with Gasteiger partial charge in [0.1, 0.15) is 0 Å². The maximum atomic E-state index is 5.96. The van der Waals surface area contributed by atoms with Crippen molar-refractivity contribution in [2.24, 2.45) is 23.5 Å². The molecule has 0 saturated heterocycles. The van der Waals surface area contributed by atoms with E-state index in [1.54, 1.807) is 7.11 Å². The lowest BCUT2D eigenvalue weighted by atomic mass is 9.85. The highest BCUT2D eigenvalue weighted by molar-refractivity contribution is 4.71. The topological polar surface area (TPSA) is 47.3 Å². The molecule has 0 heterocycles. The van der Waals surface area contributed by atoms with Crippen LogP contribution in [0.3, 0.4) is 0 Å². The van der Waals surface area contributed by atoms with Crippen LogP contribution in [0.15, 0.2) is 0 Å². The fourth-order valence-electron chi connectivity index (χ4n) is 2.05. The van der Waals surface area contributed by atoms with Crippen molar-refractivity contribution in [3.8, 4) is 0 Å². The van der Waals surface area contributed by atoms with Gasteiger partial charge < -0.3 is 15.8 Å². The first-order chi connectivity index (χ1) is 7.49. The van der Waals surface area contributed by atoms with Gasteiger partial charge in [0.15, 0.2) is 0 Å². The SMILES string of the molecule is COCCC(N)CNCC(C(C)C)C(C)C. The number of hydrogen-bond acceptors (Lipinski definition) is 3. The largest absolute Gasteiger partial charge is 0.385 e. The van der Waals surface area contributed by atoms with E-state index in [1.165, 1.54) is 0 Å². The summed E-state index contributed by atoms with van der Waals surface area (Å²) in [5, 5.41) is 3.48. The van der Waals surface area contributed by atoms with Crippen LogP contribution < -0.4 is 11.1 Å². The highest BCUT2D eigenvalue weighted by Crippen LogP contribution is 2.19. The molecule has 1 atom stereocenters. The summed E-state index contributed by atoms with van der Waals surface area (Å²) >= 11 is 0. The molecule has 16 heavy (non-hydrogen) atoms. The zero-order valence-electron chi connectivity index (χ0n) is 11.6. The van der Waals surface area contributed by atoms with E-state index in [0.29, 0.717) is 0 Å². The normalized spacial score (nSPS) is 14.1. The van der Waals surface area contributed by atoms with Gasteiger partial charge in [0.25, 0.3) is 0 Å². The lowest BCUT2D eigenvalue weighted by molar-refractivity contribution is 0.186. The Kier molecular flexibility index (Phi) is 8.90. The second kappa shape index (κ2) is 8.97. The van der Waals surface area contributed by atoms with Gasteiger partial charge in [0, 0.05) is 26.3 Å². The van der Waals surface area contributed by atoms with Crippen molar-refractivity contribution in [3.05, 3.63) is 0 Å². The van der Waals surface area contributed by atoms with E-state index in [2.05, 4.69) is 33.0 Å². The molecule has 1 unspecified atom stereocenters. The Balaban J connectivity index is 3.69. The summed E-state index contributed by atoms with van der Waals surface area (Å²) in [5.41, 5.74) is 5.96. The van der Waals surface area contributed by atoms with Gasteiger partial charge in [-0.1, -0.05) is 27.7 Å². The molecule has 0 radical (unpaired) electrons. The lowest BCUT2D eigenvalue weighted by Gasteiger charge is -2.26. The summed E-state index contributed by atoms with van der Waals surface area (Å²) in [6, 6.07) is 0.208. The number of nitrogens with one attached hydrogen (secondary N) is 1. The molecule has 3 heteroatoms. The zero-order chi connectivity index (χ0) is 12.6. The first-order valence-electron chi connectivity index (χ1n) is 6.44. The zero-order valence-corrected chi connectivity index (χ0v) is 11.6. The van der Waals surface area contributed by atoms with Crippen LogP contribution in [0.4, 0.5) is 0 Å². The molecule has 0 aliphatic rings. The highest BCUT2D eigenvalue weighted by Gasteiger charge is 2.16. The summed E-state index contributed by atoms with van der Waals surface area (Å²) < 4.78 is 5.01. The molecule has 3 N–H and O–H groups in total. The molecule has 0 aromatic carbocycles. The van der Waals surface area contributed by atoms with Gasteiger partial charge >= 0.3 is 0 Å². The molecule has 0 aliphatic heterocycles. The monoisotopic (exact) mass is 230 g/mol. The Hall–Kier alpha value is -0.120. The molecule has 3 nitrogen and oxygen atoms in total. The van der Waals surface area contributed by atoms with Crippen molar-refractivity contribution in [3.63, 3.8) is 0 Å². The van der Waals surface area contributed by atoms with Gasteiger partial charge in [-0.2, -0.15) is 0 Å². The van der Waals surface area contributed by atoms with Gasteiger partial charge in [-0.15, -0.1) is 0 Å². The molecule has 98 valence electrons. The van der Waals surface area contributed by atoms with Crippen molar-refractivity contribution < 1.29 is 4.74 Å². The average molecular weight is 230 g/mol. The number of nitrogens with two attached hydrogens (primary N) is 1. The van der Waals surface area contributed by atoms with Crippen molar-refractivity contribution >= 4 is 0 Å². The van der Waals surface area contributed by atoms with Crippen LogP contribution in [0.5, 0.6) is 0 Å². The molecule has 0 aromatic heterocycles. The maximum absolute atomic E-state index is 5.96. The summed E-state index contributed by atoms with van der Waals surface area (Å²) in [6.45, 7) is 11.9. The van der Waals surface area contributed by atoms with Crippen molar-refractivity contribution in [1.82, 2.24) is 5.32 Å². The molecule has 0 rings (SSSR count). The molecular weight excluding hydrogens is 200 g/mol. The predicted molar refractivity (Wildman–Crippen MR) is 70.5 cm³/mol. The number of methoxy groups -OCH3 is 1. The van der Waals surface area contributed by atoms with Crippen LogP contribution >= 0.6 is 0 Å². The first kappa shape index (κ1) is 15.9. The highest BCUT2D eigenvalue weighted by atomic mass is 16.5. The Morgan fingerprint density at radius 1 is 1.06 bits per heavy atom. The van der Waals surface area contributed by atoms with E-state index < -0.39 is 0 Å². The maximum Gasteiger partial charge on any atom is 0.0477 e. The minimum absolute atomic E-state index is 0.208. The van der Waals surface area contributed by atoms with E-state index in [9.17, 15) is 0 Å². The van der Waals surface area contributed by atoms with Crippen LogP contribution in [0.25, 0.3) is 0 Å². The van der Waals surface area contributed by atoms with Gasteiger partial charge in [-0.25, -0.2) is 0 Å². The Bertz CT molecular complexity index is 152. The van der Waals surface area contributed by atoms with E-state index >= 15 is 0 Å². The standard InChI is InChI=1S/C13H30N2O/c1-10(2)13(11(3)4)9-15-8-12(14)6-7-16-5/h10-13,15H,6-9,14H2,1-5H3. The second-order valence-corrected chi connectivity index (χ2v) is 5.35. The molecular formula is C13H30N2O. The lowest BCUT2D eigenvalue weighted by Crippen LogP contribution is -2.38. The van der Waals surface area contributed by atoms with Gasteiger partial charge in [0.05, 0.1) is 0 Å². The Morgan fingerprint density at radius 3 is 2.06 bits per heavy atom. The summed E-state index contributed by atoms with van der Waals surface area (Å²) in [5.74, 6) is 2.18. The first-order valence-corrected chi connectivity index (χ1v) is 6.44. The van der Waals surface area contributed by atoms with E-state index in [1.807, 2.05) is 0 Å².